The number of hydrogen-bond acceptors (Lipinski definition) is 4. The Labute approximate surface area is 50.4 Å². The third kappa shape index (κ3) is 2.70. The van der Waals surface area contributed by atoms with Crippen LogP contribution < -0.4 is 0 Å². The average Bonchev–Trinajstić information content (AvgIpc) is 1.67. The van der Waals surface area contributed by atoms with Gasteiger partial charge in [0.05, 0.1) is 11.9 Å². The number of isocyanates is 1. The lowest BCUT2D eigenvalue weighted by Gasteiger charge is -1.79. The van der Waals surface area contributed by atoms with Crippen LogP contribution in [0.5, 0.6) is 0 Å². The third-order valence-electron chi connectivity index (χ3n) is 0.229. The summed E-state index contributed by atoms with van der Waals surface area (Å²) in [5.74, 6) is 0. The zero-order valence-corrected chi connectivity index (χ0v) is 4.94. The fourth-order valence-electron chi connectivity index (χ4n) is 0.0597. The van der Waals surface area contributed by atoms with E-state index in [1.165, 1.54) is 0 Å². The van der Waals surface area contributed by atoms with Crippen molar-refractivity contribution < 1.29 is 16.9 Å². The van der Waals surface area contributed by atoms with E-state index in [4.69, 9.17) is 4.79 Å². The van der Waals surface area contributed by atoms with Crippen LogP contribution in [0.3, 0.4) is 0 Å². The Morgan fingerprint density at radius 2 is 2.12 bits per heavy atom. The van der Waals surface area contributed by atoms with Gasteiger partial charge in [-0.1, -0.05) is 4.40 Å². The lowest BCUT2D eigenvalue weighted by atomic mass is 11.7. The molecule has 0 bridgehead atoms. The molecular weight excluding hydrogens is 158 g/mol. The minimum Gasteiger partial charge on any atom is -0.210 e. The van der Waals surface area contributed by atoms with Gasteiger partial charge < -0.3 is 0 Å². The molecule has 0 atom stereocenters. The maximum atomic E-state index is 9.82. The Bertz CT molecular complexity index is 200. The Morgan fingerprint density at radius 3 is 2.25 bits per heavy atom. The molecule has 0 aromatic rings. The van der Waals surface area contributed by atoms with Crippen molar-refractivity contribution >= 4 is 28.3 Å². The average molecular weight is 158 g/mol. The van der Waals surface area contributed by atoms with E-state index in [9.17, 15) is 8.42 Å². The molecule has 8 heavy (non-hydrogen) atoms. The molecule has 0 aliphatic heterocycles. The molecule has 0 aliphatic rings. The van der Waals surface area contributed by atoms with Gasteiger partial charge in [0.2, 0.25) is 0 Å². The fourth-order valence-corrected chi connectivity index (χ4v) is 0.264. The van der Waals surface area contributed by atoms with Crippen LogP contribution in [0.4, 0.5) is 0 Å². The van der Waals surface area contributed by atoms with Gasteiger partial charge in [0, 0.05) is 0 Å². The monoisotopic (exact) mass is 157 g/mol. The summed E-state index contributed by atoms with van der Waals surface area (Å²) in [5, 5.41) is 0. The summed E-state index contributed by atoms with van der Waals surface area (Å²) in [4.78, 5) is 9.17. The molecule has 46 valence electrons. The summed E-state index contributed by atoms with van der Waals surface area (Å²) in [7, 11) is -4.20. The van der Waals surface area contributed by atoms with Crippen molar-refractivity contribution in [3.8, 4) is 0 Å². The second-order valence-corrected chi connectivity index (χ2v) is 2.22. The van der Waals surface area contributed by atoms with Gasteiger partial charge in [-0.25, -0.2) is 4.79 Å². The summed E-state index contributed by atoms with van der Waals surface area (Å²) in [6.45, 7) is 0. The highest BCUT2D eigenvalue weighted by atomic mass is 35.5. The van der Waals surface area contributed by atoms with E-state index in [0.29, 0.717) is 0 Å². The first-order valence-corrected chi connectivity index (χ1v) is 2.94. The first-order valence-electron chi connectivity index (χ1n) is 1.26. The number of rotatable bonds is 2. The number of nitrogens with zero attached hydrogens (tertiary/aromatic N) is 1. The van der Waals surface area contributed by atoms with Crippen LogP contribution in [0.1, 0.15) is 0 Å². The van der Waals surface area contributed by atoms with Gasteiger partial charge >= 0.3 is 10.3 Å². The summed E-state index contributed by atoms with van der Waals surface area (Å²) in [6.07, 6.45) is 0.736. The predicted octanol–water partition coefficient (Wildman–Crippen LogP) is -0.263. The molecule has 0 saturated carbocycles. The van der Waals surface area contributed by atoms with E-state index in [2.05, 4.69) is 20.0 Å². The molecule has 0 aliphatic carbocycles. The molecule has 0 N–H and O–H groups in total. The van der Waals surface area contributed by atoms with E-state index < -0.39 is 10.3 Å². The molecular formula is CClNO4S. The number of halogens is 1. The quantitative estimate of drug-likeness (QED) is 0.409. The lowest BCUT2D eigenvalue weighted by Crippen LogP contribution is -1.91. The maximum Gasteiger partial charge on any atom is 0.407 e. The summed E-state index contributed by atoms with van der Waals surface area (Å²) in [6, 6.07) is 0. The van der Waals surface area contributed by atoms with Crippen molar-refractivity contribution in [1.29, 1.82) is 0 Å². The lowest BCUT2D eigenvalue weighted by molar-refractivity contribution is 0.509. The van der Waals surface area contributed by atoms with Crippen molar-refractivity contribution in [3.63, 3.8) is 0 Å². The van der Waals surface area contributed by atoms with Crippen LogP contribution in [0.15, 0.2) is 4.40 Å². The summed E-state index contributed by atoms with van der Waals surface area (Å²) >= 11 is 4.31. The maximum absolute atomic E-state index is 9.82. The van der Waals surface area contributed by atoms with Gasteiger partial charge in [-0.15, -0.1) is 3.74 Å². The van der Waals surface area contributed by atoms with Crippen LogP contribution in [0.2, 0.25) is 0 Å². The molecule has 0 unspecified atom stereocenters. The Morgan fingerprint density at radius 1 is 1.62 bits per heavy atom. The fraction of sp³-hybridized carbons (Fsp3) is 0. The van der Waals surface area contributed by atoms with Crippen LogP contribution in [0, 0.1) is 0 Å². The van der Waals surface area contributed by atoms with E-state index in [1.54, 1.807) is 0 Å². The minimum atomic E-state index is -4.20. The van der Waals surface area contributed by atoms with Gasteiger partial charge in [-0.3, -0.25) is 0 Å². The smallest absolute Gasteiger partial charge is 0.210 e. The second-order valence-electron chi connectivity index (χ2n) is 0.673. The Balaban J connectivity index is 4.41. The van der Waals surface area contributed by atoms with Gasteiger partial charge in [0.15, 0.2) is 0 Å². The van der Waals surface area contributed by atoms with E-state index in [-0.39, 0.29) is 0 Å². The highest BCUT2D eigenvalue weighted by molar-refractivity contribution is 7.86. The van der Waals surface area contributed by atoms with E-state index in [1.807, 2.05) is 0 Å². The predicted molar refractivity (Wildman–Crippen MR) is 24.0 cm³/mol. The summed E-state index contributed by atoms with van der Waals surface area (Å²) < 4.78 is 25.0. The minimum absolute atomic E-state index is 0.736. The molecule has 0 radical (unpaired) electrons. The zero-order valence-electron chi connectivity index (χ0n) is 3.37. The van der Waals surface area contributed by atoms with Gasteiger partial charge in [0.1, 0.15) is 0 Å². The van der Waals surface area contributed by atoms with Gasteiger partial charge in [-0.2, -0.15) is 8.42 Å². The van der Waals surface area contributed by atoms with Crippen LogP contribution in [-0.4, -0.2) is 14.5 Å². The van der Waals surface area contributed by atoms with Gasteiger partial charge in [-0.05, 0) is 0 Å². The standard InChI is InChI=1S/CClNO4S/c2-7-8(5,6)3-1-4. The Kier molecular flexibility index (Phi) is 2.64. The van der Waals surface area contributed by atoms with Gasteiger partial charge in [0.25, 0.3) is 6.08 Å². The van der Waals surface area contributed by atoms with Crippen molar-refractivity contribution in [1.82, 2.24) is 0 Å². The van der Waals surface area contributed by atoms with Crippen LogP contribution in [0.25, 0.3) is 0 Å². The molecule has 0 aromatic carbocycles. The molecule has 0 amide bonds. The molecule has 0 fully saturated rings. The van der Waals surface area contributed by atoms with E-state index in [0.717, 1.165) is 6.08 Å². The van der Waals surface area contributed by atoms with E-state index >= 15 is 0 Å². The van der Waals surface area contributed by atoms with Crippen molar-refractivity contribution in [2.24, 2.45) is 4.40 Å². The largest absolute Gasteiger partial charge is 0.407 e. The molecule has 0 spiro atoms. The highest BCUT2D eigenvalue weighted by Gasteiger charge is 2.03. The molecule has 0 heterocycles. The molecule has 0 saturated heterocycles. The Hall–Kier alpha value is -0.420. The summed E-state index contributed by atoms with van der Waals surface area (Å²) in [5.41, 5.74) is 0. The van der Waals surface area contributed by atoms with Crippen molar-refractivity contribution in [3.05, 3.63) is 0 Å². The topological polar surface area (TPSA) is 72.8 Å². The van der Waals surface area contributed by atoms with Crippen LogP contribution in [-0.2, 0) is 18.8 Å². The molecule has 0 rings (SSSR count). The molecule has 7 heteroatoms. The normalized spacial score (nSPS) is 10.1. The van der Waals surface area contributed by atoms with Crippen molar-refractivity contribution in [2.75, 3.05) is 0 Å². The second kappa shape index (κ2) is 2.78. The first kappa shape index (κ1) is 7.58. The molecule has 5 nitrogen and oxygen atoms in total. The highest BCUT2D eigenvalue weighted by Crippen LogP contribution is 1.94. The number of carbonyl (C=O) groups excluding carboxylic acids is 1. The zero-order chi connectivity index (χ0) is 6.62. The SMILES string of the molecule is O=C=NS(=O)(=O)OCl. The van der Waals surface area contributed by atoms with Crippen LogP contribution >= 0.6 is 11.9 Å². The number of hydrogen-bond donors (Lipinski definition) is 0. The molecule has 0 aromatic heterocycles. The third-order valence-corrected chi connectivity index (χ3v) is 1.16. The van der Waals surface area contributed by atoms with Crippen molar-refractivity contribution in [2.45, 2.75) is 0 Å². The first-order chi connectivity index (χ1) is 3.62.